The van der Waals surface area contributed by atoms with Gasteiger partial charge >= 0.3 is 53.7 Å². The first-order valence-corrected chi connectivity index (χ1v) is 26.3. The topological polar surface area (TPSA) is 312 Å². The SMILES string of the molecule is C=CCO[C@@H]1[C@@H](OC(C)=O)[C@H](O[C@@H]2[C@@H](OC(C)=O)[C@@H](O)O[C@H](CO[C@@H]3O[C@H](COC(=O)c4ccccc4)[C@@H](OC(=O)c4ccccc4)[C@H](OC(=O)c4ccccc4)[C@H]3OC(=O)c3ccccc3)[C@H]2OC(C)=O)O[C@H](COC(C)=O)[C@H]1OC(C)=O. The van der Waals surface area contributed by atoms with Crippen molar-refractivity contribution < 1.29 is 119 Å². The summed E-state index contributed by atoms with van der Waals surface area (Å²) in [7, 11) is 0. The minimum Gasteiger partial charge on any atom is -0.463 e. The molecular weight excluding hydrogens is 1110 g/mol. The fraction of sp³-hybridized carbons (Fsp3) is 0.407. The zero-order valence-electron chi connectivity index (χ0n) is 46.1. The lowest BCUT2D eigenvalue weighted by Crippen LogP contribution is -2.67. The quantitative estimate of drug-likeness (QED) is 0.0624. The minimum atomic E-state index is -2.20. The van der Waals surface area contributed by atoms with Crippen molar-refractivity contribution in [2.45, 2.75) is 127 Å². The summed E-state index contributed by atoms with van der Waals surface area (Å²) < 4.78 is 89.7. The fourth-order valence-corrected chi connectivity index (χ4v) is 9.18. The van der Waals surface area contributed by atoms with Crippen molar-refractivity contribution in [1.82, 2.24) is 0 Å². The van der Waals surface area contributed by atoms with E-state index in [0.717, 1.165) is 34.6 Å². The lowest BCUT2D eigenvalue weighted by Gasteiger charge is -2.49. The van der Waals surface area contributed by atoms with Crippen LogP contribution in [0.25, 0.3) is 0 Å². The van der Waals surface area contributed by atoms with Gasteiger partial charge < -0.3 is 76.2 Å². The van der Waals surface area contributed by atoms with Gasteiger partial charge in [0.25, 0.3) is 0 Å². The molecule has 25 nitrogen and oxygen atoms in total. The van der Waals surface area contributed by atoms with Crippen LogP contribution in [-0.4, -0.2) is 177 Å². The Balaban J connectivity index is 1.31. The molecule has 0 amide bonds. The maximum Gasteiger partial charge on any atom is 0.338 e. The molecule has 1 N–H and O–H groups in total. The van der Waals surface area contributed by atoms with Crippen LogP contribution in [0.4, 0.5) is 0 Å². The third kappa shape index (κ3) is 17.1. The number of hydrogen-bond donors (Lipinski definition) is 1. The third-order valence-electron chi connectivity index (χ3n) is 12.7. The van der Waals surface area contributed by atoms with Crippen LogP contribution < -0.4 is 0 Å². The highest BCUT2D eigenvalue weighted by Crippen LogP contribution is 2.37. The predicted molar refractivity (Wildman–Crippen MR) is 281 cm³/mol. The highest BCUT2D eigenvalue weighted by atomic mass is 16.8. The van der Waals surface area contributed by atoms with Crippen molar-refractivity contribution in [1.29, 1.82) is 0 Å². The summed E-state index contributed by atoms with van der Waals surface area (Å²) in [6.45, 7) is 6.32. The lowest BCUT2D eigenvalue weighted by molar-refractivity contribution is -0.364. The molecule has 3 heterocycles. The Hall–Kier alpha value is -8.43. The highest BCUT2D eigenvalue weighted by molar-refractivity contribution is 5.91. The van der Waals surface area contributed by atoms with Gasteiger partial charge in [-0.1, -0.05) is 78.9 Å². The van der Waals surface area contributed by atoms with Crippen LogP contribution in [0, 0.1) is 0 Å². The van der Waals surface area contributed by atoms with Crippen molar-refractivity contribution in [3.63, 3.8) is 0 Å². The molecule has 15 atom stereocenters. The molecule has 25 heteroatoms. The molecule has 0 aromatic heterocycles. The van der Waals surface area contributed by atoms with Crippen molar-refractivity contribution >= 4 is 53.7 Å². The molecule has 4 aromatic carbocycles. The molecule has 4 aromatic rings. The van der Waals surface area contributed by atoms with Gasteiger partial charge in [-0.15, -0.1) is 6.58 Å². The summed E-state index contributed by atoms with van der Waals surface area (Å²) in [6, 6.07) is 30.6. The van der Waals surface area contributed by atoms with Crippen molar-refractivity contribution in [2.75, 3.05) is 26.4 Å². The number of hydrogen-bond acceptors (Lipinski definition) is 25. The first kappa shape index (κ1) is 63.2. The highest BCUT2D eigenvalue weighted by Gasteiger charge is 2.58. The predicted octanol–water partition coefficient (Wildman–Crippen LogP) is 3.95. The molecule has 448 valence electrons. The molecule has 3 aliphatic rings. The van der Waals surface area contributed by atoms with Gasteiger partial charge in [0, 0.05) is 34.6 Å². The summed E-state index contributed by atoms with van der Waals surface area (Å²) in [4.78, 5) is 120. The van der Waals surface area contributed by atoms with Gasteiger partial charge in [-0.3, -0.25) is 24.0 Å². The van der Waals surface area contributed by atoms with Crippen LogP contribution in [-0.2, 0) is 95.0 Å². The average molecular weight is 1170 g/mol. The Morgan fingerprint density at radius 3 is 1.23 bits per heavy atom. The zero-order chi connectivity index (χ0) is 60.5. The van der Waals surface area contributed by atoms with Gasteiger partial charge in [0.1, 0.15) is 43.7 Å². The van der Waals surface area contributed by atoms with Gasteiger partial charge in [0.15, 0.2) is 61.6 Å². The van der Waals surface area contributed by atoms with Gasteiger partial charge in [-0.05, 0) is 48.5 Å². The molecule has 3 saturated heterocycles. The maximum atomic E-state index is 14.3. The van der Waals surface area contributed by atoms with E-state index in [2.05, 4.69) is 6.58 Å². The molecule has 0 aliphatic carbocycles. The first-order chi connectivity index (χ1) is 40.3. The number of aliphatic hydroxyl groups is 1. The van der Waals surface area contributed by atoms with E-state index in [1.807, 2.05) is 0 Å². The van der Waals surface area contributed by atoms with Crippen LogP contribution in [0.15, 0.2) is 134 Å². The Kier molecular flexibility index (Phi) is 22.7. The second-order valence-electron chi connectivity index (χ2n) is 18.9. The largest absolute Gasteiger partial charge is 0.463 e. The summed E-state index contributed by atoms with van der Waals surface area (Å²) in [5.74, 6) is -8.50. The Labute approximate surface area is 481 Å². The number of aliphatic hydroxyl groups excluding tert-OH is 1. The smallest absolute Gasteiger partial charge is 0.338 e. The van der Waals surface area contributed by atoms with Crippen LogP contribution in [0.1, 0.15) is 76.1 Å². The maximum absolute atomic E-state index is 14.3. The van der Waals surface area contributed by atoms with E-state index in [1.54, 1.807) is 72.8 Å². The number of carbonyl (C=O) groups excluding carboxylic acids is 9. The summed E-state index contributed by atoms with van der Waals surface area (Å²) in [5, 5.41) is 11.8. The van der Waals surface area contributed by atoms with Crippen molar-refractivity contribution in [2.24, 2.45) is 0 Å². The lowest BCUT2D eigenvalue weighted by atomic mass is 9.95. The van der Waals surface area contributed by atoms with E-state index in [9.17, 15) is 48.3 Å². The van der Waals surface area contributed by atoms with Crippen molar-refractivity contribution in [3.05, 3.63) is 156 Å². The van der Waals surface area contributed by atoms with Crippen LogP contribution in [0.5, 0.6) is 0 Å². The van der Waals surface area contributed by atoms with E-state index in [4.69, 9.17) is 71.1 Å². The molecule has 0 bridgehead atoms. The van der Waals surface area contributed by atoms with E-state index in [-0.39, 0.29) is 28.9 Å². The Morgan fingerprint density at radius 1 is 0.393 bits per heavy atom. The Bertz CT molecular complexity index is 2910. The van der Waals surface area contributed by atoms with Crippen LogP contribution >= 0.6 is 0 Å². The number of benzene rings is 4. The normalized spacial score (nSPS) is 27.2. The van der Waals surface area contributed by atoms with E-state index < -0.39 is 166 Å². The van der Waals surface area contributed by atoms with Gasteiger partial charge in [-0.25, -0.2) is 19.2 Å². The number of carbonyl (C=O) groups is 9. The standard InChI is InChI=1S/C59H62O25/c1-7-28-70-47-44(74-33(3)61)42(29-71-32(2)60)80-59(51(47)77-36(6)64)84-48-45(75-34(4)62)41(78-57(69)50(48)76-35(5)63)31-73-58-52(83-56(68)40-26-18-11-19-27-40)49(82-55(67)39-24-16-10-17-25-39)46(81-54(66)38-22-14-9-15-23-38)43(79-58)30-72-53(65)37-20-12-8-13-21-37/h7-27,41-52,57-59,69H,1,28-31H2,2-6H3/t41-,42-,43-,44-,45-,46-,47+,48+,49+,50-,51-,52-,57+,58-,59+/m1/s1. The number of rotatable bonds is 23. The second kappa shape index (κ2) is 30.2. The zero-order valence-corrected chi connectivity index (χ0v) is 46.1. The summed E-state index contributed by atoms with van der Waals surface area (Å²) in [6.07, 6.45) is -25.6. The average Bonchev–Trinajstić information content (AvgIpc) is 1.79. The Morgan fingerprint density at radius 2 is 0.762 bits per heavy atom. The van der Waals surface area contributed by atoms with Gasteiger partial charge in [0.2, 0.25) is 0 Å². The van der Waals surface area contributed by atoms with Crippen molar-refractivity contribution in [3.8, 4) is 0 Å². The molecule has 0 spiro atoms. The molecule has 0 unspecified atom stereocenters. The number of esters is 9. The van der Waals surface area contributed by atoms with Gasteiger partial charge in [0.05, 0.1) is 35.5 Å². The second-order valence-corrected chi connectivity index (χ2v) is 18.9. The third-order valence-corrected chi connectivity index (χ3v) is 12.7. The monoisotopic (exact) mass is 1170 g/mol. The van der Waals surface area contributed by atoms with Crippen LogP contribution in [0.3, 0.4) is 0 Å². The van der Waals surface area contributed by atoms with E-state index in [1.165, 1.54) is 54.6 Å². The van der Waals surface area contributed by atoms with E-state index in [0.29, 0.717) is 0 Å². The molecule has 7 rings (SSSR count). The summed E-state index contributed by atoms with van der Waals surface area (Å²) in [5.41, 5.74) is 0.107. The number of ether oxygens (including phenoxy) is 15. The molecule has 3 fully saturated rings. The van der Waals surface area contributed by atoms with E-state index >= 15 is 0 Å². The van der Waals surface area contributed by atoms with Gasteiger partial charge in [-0.2, -0.15) is 0 Å². The molecule has 0 radical (unpaired) electrons. The molecule has 84 heavy (non-hydrogen) atoms. The fourth-order valence-electron chi connectivity index (χ4n) is 9.18. The molecule has 0 saturated carbocycles. The molecule has 3 aliphatic heterocycles. The summed E-state index contributed by atoms with van der Waals surface area (Å²) >= 11 is 0. The molecular formula is C59H62O25. The first-order valence-electron chi connectivity index (χ1n) is 26.3. The van der Waals surface area contributed by atoms with Crippen LogP contribution in [0.2, 0.25) is 0 Å². The minimum absolute atomic E-state index is 0.00643.